The summed E-state index contributed by atoms with van der Waals surface area (Å²) in [6.45, 7) is 1.92. The quantitative estimate of drug-likeness (QED) is 0.342. The summed E-state index contributed by atoms with van der Waals surface area (Å²) in [7, 11) is 0. The number of halogens is 1. The van der Waals surface area contributed by atoms with E-state index in [4.69, 9.17) is 16.3 Å². The number of benzene rings is 3. The van der Waals surface area contributed by atoms with E-state index in [1.54, 1.807) is 43.3 Å². The molecule has 0 aliphatic carbocycles. The Labute approximate surface area is 225 Å². The zero-order valence-electron chi connectivity index (χ0n) is 20.0. The molecule has 0 saturated heterocycles. The monoisotopic (exact) mass is 529 g/mol. The molecular formula is C29H24ClN3O3S. The van der Waals surface area contributed by atoms with Crippen LogP contribution < -0.4 is 10.6 Å². The summed E-state index contributed by atoms with van der Waals surface area (Å²) in [5, 5.41) is 17.4. The number of rotatable bonds is 8. The third-order valence-corrected chi connectivity index (χ3v) is 6.89. The van der Waals surface area contributed by atoms with E-state index in [1.807, 2.05) is 48.5 Å². The number of nitriles is 1. The Bertz CT molecular complexity index is 1380. The van der Waals surface area contributed by atoms with Gasteiger partial charge in [-0.3, -0.25) is 4.79 Å². The first kappa shape index (κ1) is 26.1. The standard InChI is InChI=1S/C29H24ClN3O3S/c1-2-36-29(35)26-25(19-13-15-21(30)16-14-19)23(17-31)28(33-27(26)20-9-5-3-6-10-20)37-18-24(34)32-22-11-7-4-8-12-22/h3-16,25,33H,2,18H2,1H3,(H,32,34)/t25-/m0/s1. The molecule has 0 unspecified atom stereocenters. The van der Waals surface area contributed by atoms with Gasteiger partial charge in [-0.25, -0.2) is 4.79 Å². The number of hydrogen-bond acceptors (Lipinski definition) is 6. The van der Waals surface area contributed by atoms with Gasteiger partial charge in [0.05, 0.1) is 46.2 Å². The van der Waals surface area contributed by atoms with Crippen molar-refractivity contribution >= 4 is 46.6 Å². The molecule has 8 heteroatoms. The van der Waals surface area contributed by atoms with Gasteiger partial charge in [0, 0.05) is 10.7 Å². The number of dihydropyridines is 1. The van der Waals surface area contributed by atoms with Crippen molar-refractivity contribution in [3.05, 3.63) is 117 Å². The largest absolute Gasteiger partial charge is 0.463 e. The normalized spacial score (nSPS) is 15.0. The molecule has 186 valence electrons. The number of carbonyl (C=O) groups is 2. The van der Waals surface area contributed by atoms with Crippen LogP contribution in [-0.4, -0.2) is 24.2 Å². The fourth-order valence-electron chi connectivity index (χ4n) is 4.00. The molecule has 37 heavy (non-hydrogen) atoms. The predicted molar refractivity (Wildman–Crippen MR) is 147 cm³/mol. The predicted octanol–water partition coefficient (Wildman–Crippen LogP) is 6.11. The van der Waals surface area contributed by atoms with Crippen molar-refractivity contribution < 1.29 is 14.3 Å². The average Bonchev–Trinajstić information content (AvgIpc) is 2.92. The Kier molecular flexibility index (Phi) is 8.68. The number of para-hydroxylation sites is 1. The van der Waals surface area contributed by atoms with Crippen LogP contribution in [0.3, 0.4) is 0 Å². The van der Waals surface area contributed by atoms with Gasteiger partial charge >= 0.3 is 5.97 Å². The van der Waals surface area contributed by atoms with Crippen LogP contribution in [0.4, 0.5) is 5.69 Å². The minimum absolute atomic E-state index is 0.0621. The van der Waals surface area contributed by atoms with Gasteiger partial charge in [0.15, 0.2) is 0 Å². The molecule has 1 atom stereocenters. The van der Waals surface area contributed by atoms with Gasteiger partial charge in [-0.15, -0.1) is 0 Å². The lowest BCUT2D eigenvalue weighted by atomic mass is 9.81. The lowest BCUT2D eigenvalue weighted by Crippen LogP contribution is -2.29. The van der Waals surface area contributed by atoms with Crippen LogP contribution in [0, 0.1) is 11.3 Å². The molecule has 4 rings (SSSR count). The third-order valence-electron chi connectivity index (χ3n) is 5.62. The number of allylic oxidation sites excluding steroid dienone is 1. The van der Waals surface area contributed by atoms with E-state index < -0.39 is 11.9 Å². The second kappa shape index (κ2) is 12.3. The maximum absolute atomic E-state index is 13.3. The van der Waals surface area contributed by atoms with E-state index >= 15 is 0 Å². The van der Waals surface area contributed by atoms with E-state index in [-0.39, 0.29) is 18.3 Å². The van der Waals surface area contributed by atoms with Crippen LogP contribution >= 0.6 is 23.4 Å². The molecule has 0 aromatic heterocycles. The van der Waals surface area contributed by atoms with E-state index in [1.165, 1.54) is 11.8 Å². The van der Waals surface area contributed by atoms with Gasteiger partial charge in [-0.2, -0.15) is 5.26 Å². The Morgan fingerprint density at radius 1 is 1.03 bits per heavy atom. The van der Waals surface area contributed by atoms with Gasteiger partial charge in [0.1, 0.15) is 0 Å². The van der Waals surface area contributed by atoms with Gasteiger partial charge in [0.25, 0.3) is 0 Å². The maximum atomic E-state index is 13.3. The molecule has 6 nitrogen and oxygen atoms in total. The van der Waals surface area contributed by atoms with Crippen LogP contribution in [0.1, 0.15) is 24.0 Å². The van der Waals surface area contributed by atoms with Crippen molar-refractivity contribution in [2.24, 2.45) is 0 Å². The fraction of sp³-hybridized carbons (Fsp3) is 0.138. The molecule has 2 N–H and O–H groups in total. The molecular weight excluding hydrogens is 506 g/mol. The van der Waals surface area contributed by atoms with Gasteiger partial charge in [0.2, 0.25) is 5.91 Å². The van der Waals surface area contributed by atoms with Crippen molar-refractivity contribution in [3.8, 4) is 6.07 Å². The van der Waals surface area contributed by atoms with E-state index in [0.29, 0.717) is 38.1 Å². The van der Waals surface area contributed by atoms with Crippen molar-refractivity contribution in [3.63, 3.8) is 0 Å². The number of nitrogens with one attached hydrogen (secondary N) is 2. The van der Waals surface area contributed by atoms with Gasteiger partial charge < -0.3 is 15.4 Å². The Morgan fingerprint density at radius 3 is 2.30 bits per heavy atom. The van der Waals surface area contributed by atoms with Crippen LogP contribution in [0.15, 0.2) is 101 Å². The number of thioether (sulfide) groups is 1. The SMILES string of the molecule is CCOC(=O)C1=C(c2ccccc2)NC(SCC(=O)Nc2ccccc2)=C(C#N)[C@@H]1c1ccc(Cl)cc1. The lowest BCUT2D eigenvalue weighted by molar-refractivity contribution is -0.138. The zero-order chi connectivity index (χ0) is 26.2. The first-order valence-electron chi connectivity index (χ1n) is 11.6. The number of anilines is 1. The minimum Gasteiger partial charge on any atom is -0.463 e. The number of carbonyl (C=O) groups excluding carboxylic acids is 2. The summed E-state index contributed by atoms with van der Waals surface area (Å²) in [5.41, 5.74) is 3.34. The molecule has 0 saturated carbocycles. The molecule has 1 aliphatic heterocycles. The topological polar surface area (TPSA) is 91.2 Å². The van der Waals surface area contributed by atoms with Crippen LogP contribution in [0.5, 0.6) is 0 Å². The van der Waals surface area contributed by atoms with E-state index in [0.717, 1.165) is 5.56 Å². The second-order valence-corrected chi connectivity index (χ2v) is 9.46. The Hall–Kier alpha value is -3.99. The summed E-state index contributed by atoms with van der Waals surface area (Å²) < 4.78 is 5.44. The van der Waals surface area contributed by atoms with Crippen molar-refractivity contribution in [1.29, 1.82) is 5.26 Å². The third kappa shape index (κ3) is 6.23. The highest BCUT2D eigenvalue weighted by molar-refractivity contribution is 8.03. The highest BCUT2D eigenvalue weighted by Crippen LogP contribution is 2.43. The van der Waals surface area contributed by atoms with Gasteiger partial charge in [-0.1, -0.05) is 84.0 Å². The van der Waals surface area contributed by atoms with Crippen molar-refractivity contribution in [2.75, 3.05) is 17.7 Å². The summed E-state index contributed by atoms with van der Waals surface area (Å²) in [5.74, 6) is -1.39. The Balaban J connectivity index is 1.77. The van der Waals surface area contributed by atoms with E-state index in [9.17, 15) is 14.9 Å². The number of amides is 1. The molecule has 3 aromatic carbocycles. The smallest absolute Gasteiger partial charge is 0.337 e. The summed E-state index contributed by atoms with van der Waals surface area (Å²) in [6.07, 6.45) is 0. The van der Waals surface area contributed by atoms with Gasteiger partial charge in [-0.05, 0) is 42.3 Å². The van der Waals surface area contributed by atoms with E-state index in [2.05, 4.69) is 16.7 Å². The van der Waals surface area contributed by atoms with Crippen LogP contribution in [0.2, 0.25) is 5.02 Å². The molecule has 0 bridgehead atoms. The van der Waals surface area contributed by atoms with Crippen molar-refractivity contribution in [1.82, 2.24) is 5.32 Å². The second-order valence-electron chi connectivity index (χ2n) is 8.04. The van der Waals surface area contributed by atoms with Crippen LogP contribution in [0.25, 0.3) is 5.70 Å². The zero-order valence-corrected chi connectivity index (χ0v) is 21.6. The number of nitrogens with zero attached hydrogens (tertiary/aromatic N) is 1. The highest BCUT2D eigenvalue weighted by Gasteiger charge is 2.37. The first-order valence-corrected chi connectivity index (χ1v) is 13.0. The summed E-state index contributed by atoms with van der Waals surface area (Å²) in [6, 6.07) is 27.8. The highest BCUT2D eigenvalue weighted by atomic mass is 35.5. The molecule has 0 radical (unpaired) electrons. The molecule has 1 aliphatic rings. The molecule has 1 amide bonds. The summed E-state index contributed by atoms with van der Waals surface area (Å²) >= 11 is 7.34. The molecule has 0 fully saturated rings. The Morgan fingerprint density at radius 2 is 1.68 bits per heavy atom. The van der Waals surface area contributed by atoms with Crippen LogP contribution in [-0.2, 0) is 14.3 Å². The molecule has 1 heterocycles. The lowest BCUT2D eigenvalue weighted by Gasteiger charge is -2.30. The maximum Gasteiger partial charge on any atom is 0.337 e. The summed E-state index contributed by atoms with van der Waals surface area (Å²) in [4.78, 5) is 26.0. The van der Waals surface area contributed by atoms with Crippen molar-refractivity contribution in [2.45, 2.75) is 12.8 Å². The average molecular weight is 530 g/mol. The number of hydrogen-bond donors (Lipinski definition) is 2. The molecule has 0 spiro atoms. The number of esters is 1. The minimum atomic E-state index is -0.711. The first-order chi connectivity index (χ1) is 18.0. The molecule has 3 aromatic rings. The fourth-order valence-corrected chi connectivity index (χ4v) is 4.97. The number of ether oxygens (including phenoxy) is 1.